The molecule has 4 rings (SSSR count). The Bertz CT molecular complexity index is 1520. The van der Waals surface area contributed by atoms with Crippen LogP contribution >= 0.6 is 0 Å². The van der Waals surface area contributed by atoms with E-state index in [1.165, 1.54) is 77.0 Å². The van der Waals surface area contributed by atoms with Crippen molar-refractivity contribution in [1.82, 2.24) is 15.7 Å². The van der Waals surface area contributed by atoms with Gasteiger partial charge in [0.05, 0.1) is 18.8 Å². The van der Waals surface area contributed by atoms with Crippen LogP contribution in [0.25, 0.3) is 11.1 Å². The third-order valence-corrected chi connectivity index (χ3v) is 10.9. The van der Waals surface area contributed by atoms with E-state index in [1.807, 2.05) is 30.3 Å². The molecule has 3 aromatic carbocycles. The summed E-state index contributed by atoms with van der Waals surface area (Å²) >= 11 is 0. The number of hydrogen-bond acceptors (Lipinski definition) is 7. The summed E-state index contributed by atoms with van der Waals surface area (Å²) in [6.07, 6.45) is 17.2. The van der Waals surface area contributed by atoms with Crippen molar-refractivity contribution in [3.8, 4) is 11.1 Å². The monoisotopic (exact) mass is 772 g/mol. The molecule has 9 nitrogen and oxygen atoms in total. The van der Waals surface area contributed by atoms with E-state index in [4.69, 9.17) is 14.7 Å². The van der Waals surface area contributed by atoms with E-state index in [0.717, 1.165) is 59.4 Å². The molecule has 9 heteroatoms. The maximum absolute atomic E-state index is 12.5. The minimum absolute atomic E-state index is 0.00676. The lowest BCUT2D eigenvalue weighted by Gasteiger charge is -2.38. The molecule has 1 aliphatic rings. The van der Waals surface area contributed by atoms with Crippen LogP contribution in [0.3, 0.4) is 0 Å². The first-order chi connectivity index (χ1) is 27.4. The number of carbonyl (C=O) groups excluding carboxylic acids is 2. The molecule has 1 aliphatic heterocycles. The first kappa shape index (κ1) is 45.1. The van der Waals surface area contributed by atoms with Crippen LogP contribution in [0.1, 0.15) is 158 Å². The number of aliphatic hydroxyl groups excluding tert-OH is 1. The fraction of sp³-hybridized carbons (Fsp3) is 0.574. The van der Waals surface area contributed by atoms with Crippen LogP contribution in [-0.4, -0.2) is 52.8 Å². The van der Waals surface area contributed by atoms with Crippen LogP contribution in [0.4, 0.5) is 0 Å². The van der Waals surface area contributed by atoms with Gasteiger partial charge in [-0.2, -0.15) is 0 Å². The average Bonchev–Trinajstić information content (AvgIpc) is 3.24. The van der Waals surface area contributed by atoms with Crippen LogP contribution in [0.2, 0.25) is 0 Å². The second-order valence-electron chi connectivity index (χ2n) is 15.5. The lowest BCUT2D eigenvalue weighted by atomic mass is 9.97. The van der Waals surface area contributed by atoms with Crippen LogP contribution < -0.4 is 10.8 Å². The van der Waals surface area contributed by atoms with Gasteiger partial charge >= 0.3 is 0 Å². The number of benzene rings is 3. The van der Waals surface area contributed by atoms with Crippen LogP contribution in [0, 0.1) is 0 Å². The van der Waals surface area contributed by atoms with Crippen LogP contribution in [-0.2, 0) is 32.2 Å². The van der Waals surface area contributed by atoms with Gasteiger partial charge in [0.1, 0.15) is 0 Å². The Labute approximate surface area is 336 Å². The fourth-order valence-corrected chi connectivity index (χ4v) is 7.53. The number of carbonyl (C=O) groups is 2. The van der Waals surface area contributed by atoms with Crippen molar-refractivity contribution in [3.63, 3.8) is 0 Å². The molecule has 3 aromatic rings. The molecule has 0 bridgehead atoms. The smallest absolute Gasteiger partial charge is 0.243 e. The largest absolute Gasteiger partial charge is 0.392 e. The molecule has 308 valence electrons. The van der Waals surface area contributed by atoms with Crippen molar-refractivity contribution >= 4 is 11.8 Å². The fourth-order valence-electron chi connectivity index (χ4n) is 7.53. The quantitative estimate of drug-likeness (QED) is 0.0346. The van der Waals surface area contributed by atoms with Gasteiger partial charge < -0.3 is 24.8 Å². The number of rotatable bonds is 27. The molecular weight excluding hydrogens is 703 g/mol. The number of hydrogen-bond donors (Lipinski definition) is 4. The highest BCUT2D eigenvalue weighted by Gasteiger charge is 2.33. The van der Waals surface area contributed by atoms with Crippen molar-refractivity contribution in [1.29, 1.82) is 0 Å². The zero-order valence-electron chi connectivity index (χ0n) is 34.2. The van der Waals surface area contributed by atoms with Crippen LogP contribution in [0.5, 0.6) is 0 Å². The standard InChI is InChI=1S/C47H69N3O6/c1-3-5-7-9-11-17-31-50(32-18-12-10-8-6-4-2)35-42-33-44(39-25-23-37(36-51)24-26-39)56-47(55-42)40-29-27-38(28-30-40)43-20-14-13-19-41(43)34-48-45(52)21-15-16-22-46(53)49-54/h13-14,19-20,23-30,42,44,47,51,54H,3-12,15-18,21-22,31-36H2,1-2H3,(H,48,52)(H,49,53)/t42-,44+,47+/m1/s1. The normalized spacial score (nSPS) is 16.9. The molecule has 0 aromatic heterocycles. The van der Waals surface area contributed by atoms with Crippen molar-refractivity contribution in [3.05, 3.63) is 95.1 Å². The van der Waals surface area contributed by atoms with Gasteiger partial charge in [0.15, 0.2) is 6.29 Å². The molecule has 0 radical (unpaired) electrons. The molecule has 4 N–H and O–H groups in total. The molecule has 0 unspecified atom stereocenters. The van der Waals surface area contributed by atoms with Gasteiger partial charge in [-0.05, 0) is 66.6 Å². The van der Waals surface area contributed by atoms with E-state index < -0.39 is 12.2 Å². The Kier molecular flexibility index (Phi) is 21.2. The van der Waals surface area contributed by atoms with E-state index in [9.17, 15) is 14.7 Å². The summed E-state index contributed by atoms with van der Waals surface area (Å²) in [7, 11) is 0. The average molecular weight is 772 g/mol. The summed E-state index contributed by atoms with van der Waals surface area (Å²) in [5.41, 5.74) is 7.68. The summed E-state index contributed by atoms with van der Waals surface area (Å²) in [4.78, 5) is 26.4. The van der Waals surface area contributed by atoms with E-state index >= 15 is 0 Å². The minimum atomic E-state index is -0.520. The molecule has 0 spiro atoms. The minimum Gasteiger partial charge on any atom is -0.392 e. The second-order valence-corrected chi connectivity index (χ2v) is 15.5. The lowest BCUT2D eigenvalue weighted by molar-refractivity contribution is -0.253. The number of aliphatic hydroxyl groups is 1. The van der Waals surface area contributed by atoms with Crippen molar-refractivity contribution in [2.45, 2.75) is 155 Å². The highest BCUT2D eigenvalue weighted by molar-refractivity contribution is 5.77. The zero-order valence-corrected chi connectivity index (χ0v) is 34.2. The summed E-state index contributed by atoms with van der Waals surface area (Å²) in [6.45, 7) is 8.03. The molecule has 2 amide bonds. The van der Waals surface area contributed by atoms with Gasteiger partial charge in [-0.15, -0.1) is 0 Å². The number of ether oxygens (including phenoxy) is 2. The van der Waals surface area contributed by atoms with Gasteiger partial charge in [0.25, 0.3) is 0 Å². The van der Waals surface area contributed by atoms with E-state index in [0.29, 0.717) is 25.8 Å². The predicted octanol–water partition coefficient (Wildman–Crippen LogP) is 10.1. The third-order valence-electron chi connectivity index (χ3n) is 10.9. The highest BCUT2D eigenvalue weighted by Crippen LogP contribution is 2.39. The summed E-state index contributed by atoms with van der Waals surface area (Å²) in [5, 5.41) is 21.4. The molecule has 1 saturated heterocycles. The van der Waals surface area contributed by atoms with Crippen molar-refractivity contribution < 1.29 is 29.4 Å². The topological polar surface area (TPSA) is 120 Å². The molecule has 0 aliphatic carbocycles. The second kappa shape index (κ2) is 26.3. The highest BCUT2D eigenvalue weighted by atomic mass is 16.7. The Hall–Kier alpha value is -3.60. The van der Waals surface area contributed by atoms with Crippen LogP contribution in [0.15, 0.2) is 72.8 Å². The Balaban J connectivity index is 1.45. The first-order valence-corrected chi connectivity index (χ1v) is 21.5. The number of amides is 2. The van der Waals surface area contributed by atoms with E-state index in [2.05, 4.69) is 66.5 Å². The van der Waals surface area contributed by atoms with Gasteiger partial charge in [0.2, 0.25) is 11.8 Å². The SMILES string of the molecule is CCCCCCCCN(CCCCCCCC)C[C@H]1C[C@@H](c2ccc(CO)cc2)O[C@@H](c2ccc(-c3ccccc3CNC(=O)CCCCC(=O)NO)cc2)O1. The molecule has 1 heterocycles. The van der Waals surface area contributed by atoms with Gasteiger partial charge in [-0.25, -0.2) is 5.48 Å². The zero-order chi connectivity index (χ0) is 39.8. The summed E-state index contributed by atoms with van der Waals surface area (Å²) in [6, 6.07) is 24.6. The molecule has 0 saturated carbocycles. The van der Waals surface area contributed by atoms with Gasteiger partial charge in [-0.1, -0.05) is 151 Å². The molecule has 56 heavy (non-hydrogen) atoms. The van der Waals surface area contributed by atoms with Crippen molar-refractivity contribution in [2.75, 3.05) is 19.6 Å². The number of hydroxylamine groups is 1. The van der Waals surface area contributed by atoms with Gasteiger partial charge in [0, 0.05) is 37.9 Å². The lowest BCUT2D eigenvalue weighted by Crippen LogP contribution is -2.40. The Morgan fingerprint density at radius 2 is 1.29 bits per heavy atom. The maximum Gasteiger partial charge on any atom is 0.243 e. The van der Waals surface area contributed by atoms with Crippen molar-refractivity contribution in [2.24, 2.45) is 0 Å². The summed E-state index contributed by atoms with van der Waals surface area (Å²) < 4.78 is 13.6. The molecule has 3 atom stereocenters. The third kappa shape index (κ3) is 16.1. The van der Waals surface area contributed by atoms with Gasteiger partial charge in [-0.3, -0.25) is 14.8 Å². The number of nitrogens with zero attached hydrogens (tertiary/aromatic N) is 1. The molecule has 1 fully saturated rings. The molecular formula is C47H69N3O6. The first-order valence-electron chi connectivity index (χ1n) is 21.5. The Morgan fingerprint density at radius 1 is 0.696 bits per heavy atom. The summed E-state index contributed by atoms with van der Waals surface area (Å²) in [5.74, 6) is -0.511. The predicted molar refractivity (Wildman–Crippen MR) is 224 cm³/mol. The number of unbranched alkanes of at least 4 members (excludes halogenated alkanes) is 11. The Morgan fingerprint density at radius 3 is 1.91 bits per heavy atom. The maximum atomic E-state index is 12.5. The van der Waals surface area contributed by atoms with E-state index in [1.54, 1.807) is 5.48 Å². The van der Waals surface area contributed by atoms with E-state index in [-0.39, 0.29) is 31.1 Å². The number of nitrogens with one attached hydrogen (secondary N) is 2.